The highest BCUT2D eigenvalue weighted by Gasteiger charge is 2.18. The topological polar surface area (TPSA) is 80.7 Å². The van der Waals surface area contributed by atoms with Gasteiger partial charge >= 0.3 is 16.2 Å². The third-order valence-corrected chi connectivity index (χ3v) is 2.71. The maximum atomic E-state index is 12.9. The van der Waals surface area contributed by atoms with E-state index in [-0.39, 0.29) is 11.3 Å². The van der Waals surface area contributed by atoms with Crippen molar-refractivity contribution in [1.29, 1.82) is 0 Å². The van der Waals surface area contributed by atoms with Crippen LogP contribution in [-0.2, 0) is 15.0 Å². The zero-order chi connectivity index (χ0) is 13.1. The van der Waals surface area contributed by atoms with E-state index in [1.54, 1.807) is 0 Å². The first-order valence-corrected chi connectivity index (χ1v) is 5.76. The lowest BCUT2D eigenvalue weighted by Gasteiger charge is -2.05. The lowest BCUT2D eigenvalue weighted by molar-refractivity contribution is -0.131. The van der Waals surface area contributed by atoms with Gasteiger partial charge in [0.05, 0.1) is 7.11 Å². The molecule has 0 spiro atoms. The van der Waals surface area contributed by atoms with Crippen LogP contribution >= 0.6 is 0 Å². The summed E-state index contributed by atoms with van der Waals surface area (Å²) in [6, 6.07) is 3.65. The SMILES string of the molecule is COc1ccc(/C=C/C(=O)O)cc1S(=O)(=O)F. The molecule has 0 bridgehead atoms. The van der Waals surface area contributed by atoms with Gasteiger partial charge < -0.3 is 9.84 Å². The van der Waals surface area contributed by atoms with Crippen molar-refractivity contribution in [2.45, 2.75) is 4.90 Å². The second kappa shape index (κ2) is 4.96. The number of methoxy groups -OCH3 is 1. The Morgan fingerprint density at radius 1 is 1.47 bits per heavy atom. The van der Waals surface area contributed by atoms with Gasteiger partial charge in [0, 0.05) is 6.08 Å². The average Bonchev–Trinajstić information content (AvgIpc) is 2.24. The number of carbonyl (C=O) groups is 1. The Balaban J connectivity index is 3.28. The summed E-state index contributed by atoms with van der Waals surface area (Å²) in [7, 11) is -3.71. The van der Waals surface area contributed by atoms with Crippen LogP contribution in [0.25, 0.3) is 6.08 Å². The minimum absolute atomic E-state index is 0.139. The lowest BCUT2D eigenvalue weighted by atomic mass is 10.2. The van der Waals surface area contributed by atoms with Crippen molar-refractivity contribution >= 4 is 22.3 Å². The van der Waals surface area contributed by atoms with Gasteiger partial charge in [0.25, 0.3) is 0 Å². The monoisotopic (exact) mass is 260 g/mol. The molecule has 1 rings (SSSR count). The molecule has 92 valence electrons. The normalized spacial score (nSPS) is 11.6. The molecule has 0 atom stereocenters. The number of hydrogen-bond donors (Lipinski definition) is 1. The van der Waals surface area contributed by atoms with E-state index in [1.165, 1.54) is 19.2 Å². The highest BCUT2D eigenvalue weighted by molar-refractivity contribution is 7.86. The van der Waals surface area contributed by atoms with Crippen LogP contribution < -0.4 is 4.74 Å². The molecule has 1 aromatic carbocycles. The van der Waals surface area contributed by atoms with Gasteiger partial charge in [-0.2, -0.15) is 8.42 Å². The lowest BCUT2D eigenvalue weighted by Crippen LogP contribution is -1.97. The van der Waals surface area contributed by atoms with Crippen molar-refractivity contribution in [2.75, 3.05) is 7.11 Å². The first kappa shape index (κ1) is 13.2. The molecule has 0 saturated heterocycles. The largest absolute Gasteiger partial charge is 0.495 e. The van der Waals surface area contributed by atoms with Crippen molar-refractivity contribution in [1.82, 2.24) is 0 Å². The van der Waals surface area contributed by atoms with E-state index in [0.717, 1.165) is 18.2 Å². The number of ether oxygens (including phenoxy) is 1. The summed E-state index contributed by atoms with van der Waals surface area (Å²) in [5.41, 5.74) is 0.240. The molecule has 1 N–H and O–H groups in total. The molecule has 17 heavy (non-hydrogen) atoms. The highest BCUT2D eigenvalue weighted by Crippen LogP contribution is 2.26. The third kappa shape index (κ3) is 3.56. The van der Waals surface area contributed by atoms with Crippen LogP contribution in [0.15, 0.2) is 29.2 Å². The Kier molecular flexibility index (Phi) is 3.84. The molecule has 5 nitrogen and oxygen atoms in total. The number of rotatable bonds is 4. The molecule has 0 fully saturated rings. The van der Waals surface area contributed by atoms with Crippen LogP contribution in [0, 0.1) is 0 Å². The third-order valence-electron chi connectivity index (χ3n) is 1.87. The minimum atomic E-state index is -4.91. The molecule has 0 aliphatic carbocycles. The quantitative estimate of drug-likeness (QED) is 0.654. The summed E-state index contributed by atoms with van der Waals surface area (Å²) < 4.78 is 39.2. The van der Waals surface area contributed by atoms with E-state index in [9.17, 15) is 17.1 Å². The maximum absolute atomic E-state index is 12.9. The minimum Gasteiger partial charge on any atom is -0.495 e. The summed E-state index contributed by atoms with van der Waals surface area (Å²) in [6.45, 7) is 0. The van der Waals surface area contributed by atoms with E-state index in [2.05, 4.69) is 0 Å². The second-order valence-electron chi connectivity index (χ2n) is 3.02. The van der Waals surface area contributed by atoms with Gasteiger partial charge in [-0.25, -0.2) is 4.79 Å². The molecule has 0 amide bonds. The Morgan fingerprint density at radius 2 is 2.12 bits per heavy atom. The number of aliphatic carboxylic acids is 1. The second-order valence-corrected chi connectivity index (χ2v) is 4.34. The summed E-state index contributed by atoms with van der Waals surface area (Å²) in [5, 5.41) is 8.40. The van der Waals surface area contributed by atoms with Crippen LogP contribution in [0.2, 0.25) is 0 Å². The van der Waals surface area contributed by atoms with Crippen LogP contribution in [0.1, 0.15) is 5.56 Å². The standard InChI is InChI=1S/C10H9FO5S/c1-16-8-4-2-7(3-5-10(12)13)6-9(8)17(11,14)15/h2-6H,1H3,(H,12,13)/b5-3+. The molecule has 1 aromatic rings. The van der Waals surface area contributed by atoms with Gasteiger partial charge in [-0.15, -0.1) is 3.89 Å². The summed E-state index contributed by atoms with van der Waals surface area (Å²) in [5.74, 6) is -1.33. The first-order chi connectivity index (χ1) is 7.84. The van der Waals surface area contributed by atoms with Gasteiger partial charge in [0.1, 0.15) is 10.6 Å². The zero-order valence-electron chi connectivity index (χ0n) is 8.75. The van der Waals surface area contributed by atoms with Gasteiger partial charge in [-0.1, -0.05) is 6.07 Å². The van der Waals surface area contributed by atoms with Crippen molar-refractivity contribution in [3.8, 4) is 5.75 Å². The number of benzene rings is 1. The highest BCUT2D eigenvalue weighted by atomic mass is 32.3. The summed E-state index contributed by atoms with van der Waals surface area (Å²) >= 11 is 0. The van der Waals surface area contributed by atoms with E-state index in [1.807, 2.05) is 0 Å². The number of carboxylic acids is 1. The van der Waals surface area contributed by atoms with Gasteiger partial charge in [0.2, 0.25) is 0 Å². The Morgan fingerprint density at radius 3 is 2.59 bits per heavy atom. The molecule has 7 heteroatoms. The Labute approximate surface area is 97.4 Å². The fourth-order valence-corrected chi connectivity index (χ4v) is 1.82. The van der Waals surface area contributed by atoms with Crippen molar-refractivity contribution in [3.63, 3.8) is 0 Å². The van der Waals surface area contributed by atoms with Crippen LogP contribution in [0.4, 0.5) is 3.89 Å². The predicted molar refractivity (Wildman–Crippen MR) is 58.0 cm³/mol. The van der Waals surface area contributed by atoms with Gasteiger partial charge in [0.15, 0.2) is 0 Å². The average molecular weight is 260 g/mol. The molecular weight excluding hydrogens is 251 g/mol. The molecule has 0 aliphatic rings. The number of carboxylic acid groups (broad SMARTS) is 1. The summed E-state index contributed by atoms with van der Waals surface area (Å²) in [6.07, 6.45) is 1.97. The van der Waals surface area contributed by atoms with Crippen molar-refractivity contribution in [3.05, 3.63) is 29.8 Å². The Bertz CT molecular complexity index is 562. The van der Waals surface area contributed by atoms with Crippen LogP contribution in [0.5, 0.6) is 5.75 Å². The number of halogens is 1. The van der Waals surface area contributed by atoms with Gasteiger partial charge in [-0.05, 0) is 23.8 Å². The van der Waals surface area contributed by atoms with Crippen LogP contribution in [0.3, 0.4) is 0 Å². The number of hydrogen-bond acceptors (Lipinski definition) is 4. The van der Waals surface area contributed by atoms with Crippen molar-refractivity contribution in [2.24, 2.45) is 0 Å². The molecule has 0 saturated carbocycles. The Hall–Kier alpha value is -1.89. The predicted octanol–water partition coefficient (Wildman–Crippen LogP) is 1.45. The molecule has 0 heterocycles. The van der Waals surface area contributed by atoms with Crippen LogP contribution in [-0.4, -0.2) is 26.6 Å². The smallest absolute Gasteiger partial charge is 0.335 e. The van der Waals surface area contributed by atoms with Crippen molar-refractivity contribution < 1.29 is 26.9 Å². The van der Waals surface area contributed by atoms with E-state index >= 15 is 0 Å². The van der Waals surface area contributed by atoms with E-state index in [4.69, 9.17) is 9.84 Å². The van der Waals surface area contributed by atoms with E-state index in [0.29, 0.717) is 0 Å². The maximum Gasteiger partial charge on any atom is 0.335 e. The van der Waals surface area contributed by atoms with E-state index < -0.39 is 21.1 Å². The molecule has 0 aliphatic heterocycles. The summed E-state index contributed by atoms with van der Waals surface area (Å²) in [4.78, 5) is 9.64. The first-order valence-electron chi connectivity index (χ1n) is 4.38. The molecule has 0 radical (unpaired) electrons. The zero-order valence-corrected chi connectivity index (χ0v) is 9.57. The fraction of sp³-hybridized carbons (Fsp3) is 0.100. The molecular formula is C10H9FO5S. The molecule has 0 aromatic heterocycles. The molecule has 0 unspecified atom stereocenters. The van der Waals surface area contributed by atoms with Gasteiger partial charge in [-0.3, -0.25) is 0 Å². The fourth-order valence-electron chi connectivity index (χ4n) is 1.16.